The lowest BCUT2D eigenvalue weighted by Gasteiger charge is -2.23. The summed E-state index contributed by atoms with van der Waals surface area (Å²) in [6.07, 6.45) is 1.02. The van der Waals surface area contributed by atoms with Crippen molar-refractivity contribution >= 4 is 11.4 Å². The van der Waals surface area contributed by atoms with Gasteiger partial charge in [-0.1, -0.05) is 25.1 Å². The van der Waals surface area contributed by atoms with Crippen LogP contribution in [0.5, 0.6) is 0 Å². The van der Waals surface area contributed by atoms with Crippen LogP contribution in [0.3, 0.4) is 0 Å². The number of hydrogen-bond donors (Lipinski definition) is 1. The third-order valence-corrected chi connectivity index (χ3v) is 3.54. The summed E-state index contributed by atoms with van der Waals surface area (Å²) < 4.78 is 14.0. The molecule has 2 aromatic carbocycles. The molecule has 0 fully saturated rings. The quantitative estimate of drug-likeness (QED) is 0.888. The van der Waals surface area contributed by atoms with Crippen LogP contribution < -0.4 is 10.2 Å². The molecule has 1 N–H and O–H groups in total. The molecule has 0 atom stereocenters. The minimum absolute atomic E-state index is 0.172. The van der Waals surface area contributed by atoms with Gasteiger partial charge >= 0.3 is 0 Å². The summed E-state index contributed by atoms with van der Waals surface area (Å²) in [5, 5.41) is 3.02. The minimum Gasteiger partial charge on any atom is -0.344 e. The van der Waals surface area contributed by atoms with E-state index in [0.717, 1.165) is 17.8 Å². The molecular formula is C17H21FN2. The zero-order valence-electron chi connectivity index (χ0n) is 12.3. The average Bonchev–Trinajstić information content (AvgIpc) is 2.49. The number of hydrogen-bond acceptors (Lipinski definition) is 2. The molecule has 2 nitrogen and oxygen atoms in total. The lowest BCUT2D eigenvalue weighted by atomic mass is 10.1. The van der Waals surface area contributed by atoms with Crippen molar-refractivity contribution in [1.82, 2.24) is 5.32 Å². The van der Waals surface area contributed by atoms with Gasteiger partial charge in [-0.3, -0.25) is 0 Å². The van der Waals surface area contributed by atoms with E-state index in [2.05, 4.69) is 36.5 Å². The maximum atomic E-state index is 14.0. The molecular weight excluding hydrogens is 251 g/mol. The van der Waals surface area contributed by atoms with Crippen LogP contribution >= 0.6 is 0 Å². The van der Waals surface area contributed by atoms with E-state index in [0.29, 0.717) is 12.1 Å². The van der Waals surface area contributed by atoms with Gasteiger partial charge in [-0.15, -0.1) is 0 Å². The first-order chi connectivity index (χ1) is 9.67. The molecule has 0 aliphatic rings. The van der Waals surface area contributed by atoms with E-state index < -0.39 is 0 Å². The van der Waals surface area contributed by atoms with Crippen molar-refractivity contribution < 1.29 is 4.39 Å². The summed E-state index contributed by atoms with van der Waals surface area (Å²) in [6, 6.07) is 13.6. The SMILES string of the molecule is CCc1ccc(N(C)c2cccc(F)c2CNC)cc1. The Morgan fingerprint density at radius 1 is 1.10 bits per heavy atom. The standard InChI is InChI=1S/C17H21FN2/c1-4-13-8-10-14(11-9-13)20(3)17-7-5-6-16(18)15(17)12-19-2/h5-11,19H,4,12H2,1-3H3. The summed E-state index contributed by atoms with van der Waals surface area (Å²) in [6.45, 7) is 2.65. The van der Waals surface area contributed by atoms with Crippen molar-refractivity contribution in [3.8, 4) is 0 Å². The van der Waals surface area contributed by atoms with Crippen molar-refractivity contribution in [3.63, 3.8) is 0 Å². The third kappa shape index (κ3) is 2.99. The fourth-order valence-electron chi connectivity index (χ4n) is 2.31. The lowest BCUT2D eigenvalue weighted by Crippen LogP contribution is -2.16. The lowest BCUT2D eigenvalue weighted by molar-refractivity contribution is 0.601. The second-order valence-electron chi connectivity index (χ2n) is 4.85. The fourth-order valence-corrected chi connectivity index (χ4v) is 2.31. The number of benzene rings is 2. The van der Waals surface area contributed by atoms with Crippen molar-refractivity contribution in [2.24, 2.45) is 0 Å². The molecule has 0 saturated carbocycles. The van der Waals surface area contributed by atoms with Gasteiger partial charge in [0.05, 0.1) is 0 Å². The maximum absolute atomic E-state index is 14.0. The molecule has 106 valence electrons. The van der Waals surface area contributed by atoms with Gasteiger partial charge in [0.25, 0.3) is 0 Å². The molecule has 3 heteroatoms. The zero-order valence-corrected chi connectivity index (χ0v) is 12.3. The van der Waals surface area contributed by atoms with E-state index >= 15 is 0 Å². The van der Waals surface area contributed by atoms with Gasteiger partial charge < -0.3 is 10.2 Å². The number of nitrogens with zero attached hydrogens (tertiary/aromatic N) is 1. The van der Waals surface area contributed by atoms with Crippen LogP contribution in [-0.2, 0) is 13.0 Å². The Morgan fingerprint density at radius 2 is 1.80 bits per heavy atom. The van der Waals surface area contributed by atoms with Crippen LogP contribution in [0.25, 0.3) is 0 Å². The molecule has 0 radical (unpaired) electrons. The highest BCUT2D eigenvalue weighted by Crippen LogP contribution is 2.28. The number of anilines is 2. The predicted octanol–water partition coefficient (Wildman–Crippen LogP) is 3.88. The average molecular weight is 272 g/mol. The maximum Gasteiger partial charge on any atom is 0.129 e. The largest absolute Gasteiger partial charge is 0.344 e. The number of halogens is 1. The third-order valence-electron chi connectivity index (χ3n) is 3.54. The summed E-state index contributed by atoms with van der Waals surface area (Å²) in [7, 11) is 3.79. The van der Waals surface area contributed by atoms with Gasteiger partial charge in [0.2, 0.25) is 0 Å². The molecule has 0 aromatic heterocycles. The normalized spacial score (nSPS) is 10.6. The highest BCUT2D eigenvalue weighted by atomic mass is 19.1. The summed E-state index contributed by atoms with van der Waals surface area (Å²) in [4.78, 5) is 2.02. The molecule has 0 aliphatic heterocycles. The van der Waals surface area contributed by atoms with E-state index in [1.54, 1.807) is 6.07 Å². The molecule has 0 aliphatic carbocycles. The van der Waals surface area contributed by atoms with E-state index in [1.165, 1.54) is 11.6 Å². The highest BCUT2D eigenvalue weighted by molar-refractivity contribution is 5.66. The minimum atomic E-state index is -0.172. The van der Waals surface area contributed by atoms with E-state index in [-0.39, 0.29) is 5.82 Å². The van der Waals surface area contributed by atoms with Crippen LogP contribution in [0.2, 0.25) is 0 Å². The second kappa shape index (κ2) is 6.53. The topological polar surface area (TPSA) is 15.3 Å². The summed E-state index contributed by atoms with van der Waals surface area (Å²) in [5.74, 6) is -0.172. The second-order valence-corrected chi connectivity index (χ2v) is 4.85. The molecule has 0 heterocycles. The number of nitrogens with one attached hydrogen (secondary N) is 1. The Kier molecular flexibility index (Phi) is 4.74. The predicted molar refractivity (Wildman–Crippen MR) is 83.0 cm³/mol. The van der Waals surface area contributed by atoms with Crippen LogP contribution in [0, 0.1) is 5.82 Å². The first kappa shape index (κ1) is 14.5. The van der Waals surface area contributed by atoms with Crippen LogP contribution in [0.4, 0.5) is 15.8 Å². The van der Waals surface area contributed by atoms with Crippen molar-refractivity contribution in [2.45, 2.75) is 19.9 Å². The molecule has 0 spiro atoms. The molecule has 2 rings (SSSR count). The van der Waals surface area contributed by atoms with Gasteiger partial charge in [0, 0.05) is 30.5 Å². The molecule has 2 aromatic rings. The van der Waals surface area contributed by atoms with E-state index in [9.17, 15) is 4.39 Å². The zero-order chi connectivity index (χ0) is 14.5. The molecule has 0 unspecified atom stereocenters. The molecule has 0 saturated heterocycles. The Balaban J connectivity index is 2.36. The van der Waals surface area contributed by atoms with Gasteiger partial charge in [-0.05, 0) is 43.3 Å². The van der Waals surface area contributed by atoms with Crippen molar-refractivity contribution in [1.29, 1.82) is 0 Å². The van der Waals surface area contributed by atoms with Gasteiger partial charge in [0.1, 0.15) is 5.82 Å². The van der Waals surface area contributed by atoms with Gasteiger partial charge in [-0.25, -0.2) is 4.39 Å². The van der Waals surface area contributed by atoms with Crippen molar-refractivity contribution in [2.75, 3.05) is 19.0 Å². The Labute approximate surface area is 120 Å². The van der Waals surface area contributed by atoms with Crippen LogP contribution in [-0.4, -0.2) is 14.1 Å². The van der Waals surface area contributed by atoms with E-state index in [1.807, 2.05) is 25.1 Å². The van der Waals surface area contributed by atoms with Crippen LogP contribution in [0.1, 0.15) is 18.1 Å². The van der Waals surface area contributed by atoms with Gasteiger partial charge in [0.15, 0.2) is 0 Å². The van der Waals surface area contributed by atoms with Crippen molar-refractivity contribution in [3.05, 3.63) is 59.4 Å². The highest BCUT2D eigenvalue weighted by Gasteiger charge is 2.12. The fraction of sp³-hybridized carbons (Fsp3) is 0.294. The number of aryl methyl sites for hydroxylation is 1. The summed E-state index contributed by atoms with van der Waals surface area (Å²) in [5.41, 5.74) is 3.95. The van der Waals surface area contributed by atoms with E-state index in [4.69, 9.17) is 0 Å². The summed E-state index contributed by atoms with van der Waals surface area (Å²) >= 11 is 0. The Morgan fingerprint density at radius 3 is 2.40 bits per heavy atom. The molecule has 0 amide bonds. The van der Waals surface area contributed by atoms with Gasteiger partial charge in [-0.2, -0.15) is 0 Å². The smallest absolute Gasteiger partial charge is 0.129 e. The molecule has 20 heavy (non-hydrogen) atoms. The van der Waals surface area contributed by atoms with Crippen LogP contribution in [0.15, 0.2) is 42.5 Å². The Bertz CT molecular complexity index is 564. The molecule has 0 bridgehead atoms. The Hall–Kier alpha value is -1.87. The first-order valence-corrected chi connectivity index (χ1v) is 6.92. The first-order valence-electron chi connectivity index (χ1n) is 6.92. The number of rotatable bonds is 5. The monoisotopic (exact) mass is 272 g/mol.